The number of ketones is 1. The van der Waals surface area contributed by atoms with Gasteiger partial charge < -0.3 is 0 Å². The molecule has 2 fully saturated rings. The van der Waals surface area contributed by atoms with Gasteiger partial charge in [0.25, 0.3) is 0 Å². The van der Waals surface area contributed by atoms with Gasteiger partial charge in [-0.05, 0) is 74.0 Å². The van der Waals surface area contributed by atoms with E-state index in [2.05, 4.69) is 12.9 Å². The van der Waals surface area contributed by atoms with E-state index in [0.717, 1.165) is 43.4 Å². The van der Waals surface area contributed by atoms with Crippen LogP contribution in [0.4, 0.5) is 0 Å². The summed E-state index contributed by atoms with van der Waals surface area (Å²) in [6.07, 6.45) is 11.8. The first-order valence-electron chi connectivity index (χ1n) is 9.07. The van der Waals surface area contributed by atoms with E-state index in [1.54, 1.807) is 5.57 Å². The molecule has 0 aromatic carbocycles. The molecule has 0 spiro atoms. The summed E-state index contributed by atoms with van der Waals surface area (Å²) in [5.74, 6) is 5.28. The van der Waals surface area contributed by atoms with Gasteiger partial charge >= 0.3 is 0 Å². The van der Waals surface area contributed by atoms with E-state index < -0.39 is 0 Å². The predicted octanol–water partition coefficient (Wildman–Crippen LogP) is 4.28. The van der Waals surface area contributed by atoms with Gasteiger partial charge in [0.15, 0.2) is 0 Å². The number of allylic oxidation sites excluding steroid dienone is 3. The van der Waals surface area contributed by atoms with Gasteiger partial charge in [0.1, 0.15) is 11.7 Å². The van der Waals surface area contributed by atoms with E-state index in [0.29, 0.717) is 17.1 Å². The molecule has 4 aliphatic carbocycles. The predicted molar refractivity (Wildman–Crippen MR) is 85.9 cm³/mol. The van der Waals surface area contributed by atoms with Crippen LogP contribution < -0.4 is 0 Å². The van der Waals surface area contributed by atoms with E-state index in [-0.39, 0.29) is 0 Å². The van der Waals surface area contributed by atoms with Crippen LogP contribution in [0.3, 0.4) is 0 Å². The molecule has 4 rings (SSSR count). The Bertz CT molecular complexity index is 581. The molecule has 0 unspecified atom stereocenters. The average Bonchev–Trinajstić information content (AvgIpc) is 2.84. The largest absolute Gasteiger partial charge is 0.299 e. The topological polar surface area (TPSA) is 34.1 Å². The zero-order chi connectivity index (χ0) is 15.3. The van der Waals surface area contributed by atoms with Crippen molar-refractivity contribution in [2.45, 2.75) is 64.7 Å². The maximum absolute atomic E-state index is 11.8. The molecule has 22 heavy (non-hydrogen) atoms. The van der Waals surface area contributed by atoms with Crippen LogP contribution in [0, 0.1) is 29.1 Å². The van der Waals surface area contributed by atoms with Crippen molar-refractivity contribution in [1.82, 2.24) is 0 Å². The van der Waals surface area contributed by atoms with Crippen molar-refractivity contribution in [3.8, 4) is 0 Å². The Labute approximate surface area is 133 Å². The Morgan fingerprint density at radius 2 is 2.00 bits per heavy atom. The second kappa shape index (κ2) is 5.20. The number of fused-ring (bicyclic) bond motifs is 4. The lowest BCUT2D eigenvalue weighted by molar-refractivity contribution is -0.119. The number of carbonyl (C=O) groups excluding carboxylic acids is 2. The smallest absolute Gasteiger partial charge is 0.137 e. The zero-order valence-electron chi connectivity index (χ0n) is 13.6. The average molecular weight is 298 g/mol. The minimum Gasteiger partial charge on any atom is -0.299 e. The molecule has 2 saturated carbocycles. The summed E-state index contributed by atoms with van der Waals surface area (Å²) in [7, 11) is 0. The maximum Gasteiger partial charge on any atom is 0.137 e. The van der Waals surface area contributed by atoms with Crippen LogP contribution in [0.15, 0.2) is 17.2 Å². The van der Waals surface area contributed by atoms with Crippen molar-refractivity contribution in [2.24, 2.45) is 29.1 Å². The molecule has 0 amide bonds. The second-order valence-corrected chi connectivity index (χ2v) is 8.27. The molecule has 0 saturated heterocycles. The molecule has 5 atom stereocenters. The summed E-state index contributed by atoms with van der Waals surface area (Å²) in [5.41, 5.74) is 3.50. The Balaban J connectivity index is 1.64. The van der Waals surface area contributed by atoms with Crippen molar-refractivity contribution in [3.05, 3.63) is 17.2 Å². The monoisotopic (exact) mass is 298 g/mol. The van der Waals surface area contributed by atoms with E-state index in [1.165, 1.54) is 37.7 Å². The van der Waals surface area contributed by atoms with Crippen LogP contribution in [0.2, 0.25) is 0 Å². The molecular weight excluding hydrogens is 272 g/mol. The molecule has 0 aromatic heterocycles. The van der Waals surface area contributed by atoms with Crippen LogP contribution in [0.5, 0.6) is 0 Å². The van der Waals surface area contributed by atoms with Crippen LogP contribution in [0.1, 0.15) is 64.7 Å². The maximum atomic E-state index is 11.8. The summed E-state index contributed by atoms with van der Waals surface area (Å²) in [4.78, 5) is 22.6. The van der Waals surface area contributed by atoms with Gasteiger partial charge in [0.2, 0.25) is 0 Å². The third-order valence-corrected chi connectivity index (χ3v) is 7.54. The number of rotatable bonds is 1. The number of hydrogen-bond acceptors (Lipinski definition) is 2. The summed E-state index contributed by atoms with van der Waals surface area (Å²) >= 11 is 0. The van der Waals surface area contributed by atoms with Crippen molar-refractivity contribution in [3.63, 3.8) is 0 Å². The van der Waals surface area contributed by atoms with Gasteiger partial charge in [-0.25, -0.2) is 4.79 Å². The fraction of sp³-hybridized carbons (Fsp3) is 0.750. The lowest BCUT2D eigenvalue weighted by Gasteiger charge is -2.51. The van der Waals surface area contributed by atoms with Crippen molar-refractivity contribution < 1.29 is 9.59 Å². The number of hydrogen-bond donors (Lipinski definition) is 0. The van der Waals surface area contributed by atoms with Gasteiger partial charge in [-0.2, -0.15) is 0 Å². The van der Waals surface area contributed by atoms with Gasteiger partial charge in [-0.1, -0.05) is 18.1 Å². The highest BCUT2D eigenvalue weighted by atomic mass is 16.1. The highest BCUT2D eigenvalue weighted by Gasteiger charge is 2.54. The normalized spacial score (nSPS) is 44.0. The molecule has 118 valence electrons. The van der Waals surface area contributed by atoms with Gasteiger partial charge in [-0.3, -0.25) is 4.79 Å². The minimum atomic E-state index is 0.321. The lowest BCUT2D eigenvalue weighted by atomic mass is 9.53. The van der Waals surface area contributed by atoms with E-state index in [9.17, 15) is 9.59 Å². The van der Waals surface area contributed by atoms with Gasteiger partial charge in [0.05, 0.1) is 0 Å². The van der Waals surface area contributed by atoms with Crippen LogP contribution in [-0.2, 0) is 9.59 Å². The molecule has 4 aliphatic rings. The van der Waals surface area contributed by atoms with Crippen molar-refractivity contribution in [2.75, 3.05) is 0 Å². The van der Waals surface area contributed by atoms with Crippen molar-refractivity contribution >= 4 is 11.7 Å². The molecular formula is C20H26O2. The molecule has 2 heteroatoms. The number of Topliss-reactive ketones (excluding diaryl/α,β-unsaturated/α-hetero) is 1. The highest BCUT2D eigenvalue weighted by molar-refractivity contribution is 5.82. The SMILES string of the molecule is C[C@]12CC[C@@H]3C4=C(CC[C@H]3[C@@H]1CC[C@H]2C=C=O)CC(=O)CC4. The van der Waals surface area contributed by atoms with Crippen LogP contribution in [0.25, 0.3) is 0 Å². The Morgan fingerprint density at radius 3 is 2.82 bits per heavy atom. The van der Waals surface area contributed by atoms with Crippen LogP contribution in [-0.4, -0.2) is 11.7 Å². The quantitative estimate of drug-likeness (QED) is 0.535. The fourth-order valence-electron chi connectivity index (χ4n) is 6.45. The molecule has 0 N–H and O–H groups in total. The molecule has 0 aliphatic heterocycles. The lowest BCUT2D eigenvalue weighted by Crippen LogP contribution is -2.43. The fourth-order valence-corrected chi connectivity index (χ4v) is 6.45. The van der Waals surface area contributed by atoms with E-state index >= 15 is 0 Å². The summed E-state index contributed by atoms with van der Waals surface area (Å²) in [6, 6.07) is 0. The zero-order valence-corrected chi connectivity index (χ0v) is 13.6. The molecule has 2 nitrogen and oxygen atoms in total. The third kappa shape index (κ3) is 2.00. The molecule has 0 bridgehead atoms. The standard InChI is InChI=1S/C20H26O2/c1-20-10-8-17-16-6-4-15(22)12-13(16)2-5-18(17)19(20)7-3-14(20)9-11-21/h9,14,17-19H,2-8,10,12H2,1H3/t14-,17+,18+,19-,20+/m0/s1. The second-order valence-electron chi connectivity index (χ2n) is 8.27. The number of carbonyl (C=O) groups is 1. The first kappa shape index (κ1) is 14.5. The summed E-state index contributed by atoms with van der Waals surface area (Å²) in [6.45, 7) is 2.42. The Morgan fingerprint density at radius 1 is 1.14 bits per heavy atom. The Hall–Kier alpha value is -1.14. The van der Waals surface area contributed by atoms with E-state index in [4.69, 9.17) is 0 Å². The minimum absolute atomic E-state index is 0.321. The van der Waals surface area contributed by atoms with Gasteiger partial charge in [-0.15, -0.1) is 0 Å². The molecule has 0 aromatic rings. The Kier molecular flexibility index (Phi) is 3.42. The first-order chi connectivity index (χ1) is 10.6. The molecule has 0 radical (unpaired) electrons. The summed E-state index contributed by atoms with van der Waals surface area (Å²) in [5, 5.41) is 0. The summed E-state index contributed by atoms with van der Waals surface area (Å²) < 4.78 is 0. The third-order valence-electron chi connectivity index (χ3n) is 7.54. The van der Waals surface area contributed by atoms with E-state index in [1.807, 2.05) is 6.08 Å². The highest BCUT2D eigenvalue weighted by Crippen LogP contribution is 2.63. The van der Waals surface area contributed by atoms with Crippen molar-refractivity contribution in [1.29, 1.82) is 0 Å². The molecule has 0 heterocycles. The van der Waals surface area contributed by atoms with Gasteiger partial charge in [0, 0.05) is 18.9 Å². The first-order valence-corrected chi connectivity index (χ1v) is 9.07. The van der Waals surface area contributed by atoms with Crippen LogP contribution >= 0.6 is 0 Å².